The molecule has 3 nitrogen and oxygen atoms in total. The Morgan fingerprint density at radius 3 is 2.89 bits per heavy atom. The van der Waals surface area contributed by atoms with Crippen molar-refractivity contribution in [2.75, 3.05) is 7.05 Å². The van der Waals surface area contributed by atoms with Crippen molar-refractivity contribution in [3.63, 3.8) is 0 Å². The highest BCUT2D eigenvalue weighted by Crippen LogP contribution is 2.23. The predicted octanol–water partition coefficient (Wildman–Crippen LogP) is 1.67. The lowest BCUT2D eigenvalue weighted by Crippen LogP contribution is -2.37. The lowest BCUT2D eigenvalue weighted by Gasteiger charge is -2.31. The molecule has 0 spiro atoms. The van der Waals surface area contributed by atoms with Crippen LogP contribution in [0.15, 0.2) is 18.2 Å². The molecule has 0 amide bonds. The minimum absolute atomic E-state index is 0.539. The average Bonchev–Trinajstić information content (AvgIpc) is 2.83. The van der Waals surface area contributed by atoms with Crippen LogP contribution in [0, 0.1) is 0 Å². The van der Waals surface area contributed by atoms with Gasteiger partial charge in [0.2, 0.25) is 0 Å². The molecule has 2 aliphatic rings. The second-order valence-electron chi connectivity index (χ2n) is 5.86. The van der Waals surface area contributed by atoms with E-state index in [-0.39, 0.29) is 0 Å². The minimum Gasteiger partial charge on any atom is -0.423 e. The molecule has 0 radical (unpaired) electrons. The smallest absolute Gasteiger partial charge is 0.423 e. The fourth-order valence-electron chi connectivity index (χ4n) is 3.42. The van der Waals surface area contributed by atoms with E-state index in [4.69, 9.17) is 4.65 Å². The molecule has 1 heterocycles. The number of rotatable bonds is 3. The Kier molecular flexibility index (Phi) is 3.92. The molecule has 0 bridgehead atoms. The molecule has 102 valence electrons. The molecule has 0 saturated heterocycles. The van der Waals surface area contributed by atoms with Gasteiger partial charge in [0.15, 0.2) is 0 Å². The van der Waals surface area contributed by atoms with Crippen LogP contribution >= 0.6 is 0 Å². The Morgan fingerprint density at radius 1 is 1.32 bits per heavy atom. The third-order valence-electron chi connectivity index (χ3n) is 4.55. The highest BCUT2D eigenvalue weighted by Gasteiger charge is 2.30. The summed E-state index contributed by atoms with van der Waals surface area (Å²) < 4.78 is 5.33. The summed E-state index contributed by atoms with van der Waals surface area (Å²) in [5.41, 5.74) is 3.36. The summed E-state index contributed by atoms with van der Waals surface area (Å²) in [5, 5.41) is 9.94. The van der Waals surface area contributed by atoms with Crippen LogP contribution in [0.2, 0.25) is 0 Å². The van der Waals surface area contributed by atoms with Crippen molar-refractivity contribution in [2.24, 2.45) is 0 Å². The number of hydrogen-bond acceptors (Lipinski definition) is 3. The Morgan fingerprint density at radius 2 is 2.11 bits per heavy atom. The first kappa shape index (κ1) is 13.2. The van der Waals surface area contributed by atoms with Crippen LogP contribution < -0.4 is 5.46 Å². The third kappa shape index (κ3) is 2.71. The quantitative estimate of drug-likeness (QED) is 0.838. The zero-order chi connectivity index (χ0) is 13.2. The van der Waals surface area contributed by atoms with Gasteiger partial charge in [0.05, 0.1) is 6.61 Å². The second kappa shape index (κ2) is 5.65. The van der Waals surface area contributed by atoms with Crippen LogP contribution in [0.1, 0.15) is 43.2 Å². The van der Waals surface area contributed by atoms with Crippen LogP contribution in [0.4, 0.5) is 0 Å². The highest BCUT2D eigenvalue weighted by atomic mass is 16.5. The van der Waals surface area contributed by atoms with Gasteiger partial charge in [-0.05, 0) is 36.5 Å². The van der Waals surface area contributed by atoms with Crippen molar-refractivity contribution < 1.29 is 9.68 Å². The Balaban J connectivity index is 1.74. The van der Waals surface area contributed by atoms with Gasteiger partial charge in [-0.25, -0.2) is 0 Å². The molecule has 1 N–H and O–H groups in total. The van der Waals surface area contributed by atoms with Crippen molar-refractivity contribution in [3.8, 4) is 0 Å². The van der Waals surface area contributed by atoms with Crippen molar-refractivity contribution in [1.29, 1.82) is 0 Å². The van der Waals surface area contributed by atoms with Crippen LogP contribution in [0.3, 0.4) is 0 Å². The van der Waals surface area contributed by atoms with Crippen molar-refractivity contribution in [2.45, 2.75) is 51.3 Å². The zero-order valence-corrected chi connectivity index (χ0v) is 11.6. The molecule has 1 fully saturated rings. The van der Waals surface area contributed by atoms with Gasteiger partial charge in [0.25, 0.3) is 0 Å². The molecule has 1 aromatic carbocycles. The number of fused-ring (bicyclic) bond motifs is 1. The zero-order valence-electron chi connectivity index (χ0n) is 11.6. The molecule has 0 aromatic heterocycles. The largest absolute Gasteiger partial charge is 0.492 e. The Hall–Kier alpha value is -0.835. The van der Waals surface area contributed by atoms with Crippen LogP contribution in [-0.4, -0.2) is 30.1 Å². The molecule has 1 aliphatic heterocycles. The van der Waals surface area contributed by atoms with Gasteiger partial charge in [-0.1, -0.05) is 37.5 Å². The van der Waals surface area contributed by atoms with E-state index in [1.54, 1.807) is 0 Å². The summed E-state index contributed by atoms with van der Waals surface area (Å²) in [6.07, 6.45) is 6.72. The third-order valence-corrected chi connectivity index (χ3v) is 4.55. The first-order valence-corrected chi connectivity index (χ1v) is 7.36. The summed E-state index contributed by atoms with van der Waals surface area (Å²) in [7, 11) is 1.48. The standard InChI is InChI=1S/C15H22BNO2/c1-17(14-8-3-2-4-9-14)10-12-6-5-7-13-11-19-16(18)15(12)13/h5-7,14,18H,2-4,8-11H2,1H3. The van der Waals surface area contributed by atoms with Crippen molar-refractivity contribution in [1.82, 2.24) is 4.90 Å². The van der Waals surface area contributed by atoms with E-state index in [0.717, 1.165) is 17.6 Å². The maximum atomic E-state index is 9.94. The molecule has 1 saturated carbocycles. The van der Waals surface area contributed by atoms with E-state index in [2.05, 4.69) is 30.1 Å². The van der Waals surface area contributed by atoms with Crippen LogP contribution in [-0.2, 0) is 17.8 Å². The number of hydrogen-bond donors (Lipinski definition) is 1. The minimum atomic E-state index is -0.731. The molecule has 1 aromatic rings. The first-order valence-electron chi connectivity index (χ1n) is 7.36. The monoisotopic (exact) mass is 259 g/mol. The van der Waals surface area contributed by atoms with Gasteiger partial charge in [-0.3, -0.25) is 4.90 Å². The average molecular weight is 259 g/mol. The summed E-state index contributed by atoms with van der Waals surface area (Å²) in [6, 6.07) is 6.94. The van der Waals surface area contributed by atoms with Crippen molar-refractivity contribution >= 4 is 12.6 Å². The first-order chi connectivity index (χ1) is 9.25. The van der Waals surface area contributed by atoms with Crippen LogP contribution in [0.5, 0.6) is 0 Å². The normalized spacial score (nSPS) is 20.1. The summed E-state index contributed by atoms with van der Waals surface area (Å²) >= 11 is 0. The lowest BCUT2D eigenvalue weighted by molar-refractivity contribution is 0.185. The maximum absolute atomic E-state index is 9.94. The Labute approximate surface area is 115 Å². The molecule has 0 unspecified atom stereocenters. The summed E-state index contributed by atoms with van der Waals surface area (Å²) in [4.78, 5) is 2.44. The van der Waals surface area contributed by atoms with E-state index in [9.17, 15) is 5.02 Å². The SMILES string of the molecule is CN(Cc1cccc2c1B(O)OC2)C1CCCCC1. The molecule has 3 rings (SSSR count). The fraction of sp³-hybridized carbons (Fsp3) is 0.600. The molecule has 1 aliphatic carbocycles. The fourth-order valence-corrected chi connectivity index (χ4v) is 3.42. The topological polar surface area (TPSA) is 32.7 Å². The highest BCUT2D eigenvalue weighted by molar-refractivity contribution is 6.62. The van der Waals surface area contributed by atoms with Gasteiger partial charge in [0, 0.05) is 12.6 Å². The van der Waals surface area contributed by atoms with Crippen LogP contribution in [0.25, 0.3) is 0 Å². The Bertz CT molecular complexity index is 446. The van der Waals surface area contributed by atoms with E-state index in [0.29, 0.717) is 12.6 Å². The summed E-state index contributed by atoms with van der Waals surface area (Å²) in [5.74, 6) is 0. The van der Waals surface area contributed by atoms with Crippen molar-refractivity contribution in [3.05, 3.63) is 29.3 Å². The van der Waals surface area contributed by atoms with Gasteiger partial charge in [-0.15, -0.1) is 0 Å². The molecule has 0 atom stereocenters. The molecular formula is C15H22BNO2. The van der Waals surface area contributed by atoms with Gasteiger partial charge in [0.1, 0.15) is 0 Å². The van der Waals surface area contributed by atoms with E-state index < -0.39 is 7.12 Å². The van der Waals surface area contributed by atoms with E-state index >= 15 is 0 Å². The van der Waals surface area contributed by atoms with Gasteiger partial charge < -0.3 is 9.68 Å². The predicted molar refractivity (Wildman–Crippen MR) is 77.2 cm³/mol. The number of nitrogens with zero attached hydrogens (tertiary/aromatic N) is 1. The van der Waals surface area contributed by atoms with Gasteiger partial charge in [-0.2, -0.15) is 0 Å². The molecule has 19 heavy (non-hydrogen) atoms. The summed E-state index contributed by atoms with van der Waals surface area (Å²) in [6.45, 7) is 1.45. The van der Waals surface area contributed by atoms with E-state index in [1.807, 2.05) is 0 Å². The second-order valence-corrected chi connectivity index (χ2v) is 5.86. The number of benzene rings is 1. The molecular weight excluding hydrogens is 237 g/mol. The van der Waals surface area contributed by atoms with Gasteiger partial charge >= 0.3 is 7.12 Å². The lowest BCUT2D eigenvalue weighted by atomic mass is 9.76. The van der Waals surface area contributed by atoms with E-state index in [1.165, 1.54) is 37.7 Å². The maximum Gasteiger partial charge on any atom is 0.492 e. The molecule has 4 heteroatoms.